The number of benzene rings is 1. The Morgan fingerprint density at radius 3 is 2.86 bits per heavy atom. The van der Waals surface area contributed by atoms with Gasteiger partial charge in [0.15, 0.2) is 11.6 Å². The molecule has 4 heteroatoms. The Morgan fingerprint density at radius 2 is 2.07 bits per heavy atom. The van der Waals surface area contributed by atoms with E-state index in [1.165, 1.54) is 0 Å². The molecule has 0 aromatic heterocycles. The zero-order valence-electron chi connectivity index (χ0n) is 7.81. The quantitative estimate of drug-likeness (QED) is 0.693. The summed E-state index contributed by atoms with van der Waals surface area (Å²) in [5.41, 5.74) is 0.522. The first kappa shape index (κ1) is 9.24. The third kappa shape index (κ3) is 1.64. The summed E-state index contributed by atoms with van der Waals surface area (Å²) in [6.07, 6.45) is 0.839. The third-order valence-electron chi connectivity index (χ3n) is 2.22. The highest BCUT2D eigenvalue weighted by Gasteiger charge is 2.16. The van der Waals surface area contributed by atoms with E-state index >= 15 is 0 Å². The van der Waals surface area contributed by atoms with Crippen LogP contribution in [0.1, 0.15) is 13.3 Å². The van der Waals surface area contributed by atoms with Crippen LogP contribution in [0.3, 0.4) is 0 Å². The van der Waals surface area contributed by atoms with Crippen molar-refractivity contribution < 1.29 is 13.5 Å². The normalized spacial score (nSPS) is 20.4. The van der Waals surface area contributed by atoms with Gasteiger partial charge in [-0.1, -0.05) is 0 Å². The number of anilines is 1. The summed E-state index contributed by atoms with van der Waals surface area (Å²) < 4.78 is 31.2. The van der Waals surface area contributed by atoms with E-state index in [4.69, 9.17) is 4.74 Å². The van der Waals surface area contributed by atoms with Crippen molar-refractivity contribution in [2.75, 3.05) is 11.9 Å². The SMILES string of the molecule is CC1CCNc2cc(F)c(F)cc2O1. The van der Waals surface area contributed by atoms with E-state index in [0.29, 0.717) is 18.0 Å². The Bertz CT molecular complexity index is 354. The van der Waals surface area contributed by atoms with Gasteiger partial charge in [-0.25, -0.2) is 8.78 Å². The van der Waals surface area contributed by atoms with Gasteiger partial charge in [-0.05, 0) is 6.92 Å². The smallest absolute Gasteiger partial charge is 0.162 e. The van der Waals surface area contributed by atoms with Crippen molar-refractivity contribution in [1.82, 2.24) is 0 Å². The molecular weight excluding hydrogens is 188 g/mol. The molecule has 0 spiro atoms. The van der Waals surface area contributed by atoms with E-state index in [9.17, 15) is 8.78 Å². The van der Waals surface area contributed by atoms with Crippen LogP contribution in [0.2, 0.25) is 0 Å². The maximum atomic E-state index is 12.9. The van der Waals surface area contributed by atoms with E-state index < -0.39 is 11.6 Å². The standard InChI is InChI=1S/C10H11F2NO/c1-6-2-3-13-9-4-7(11)8(12)5-10(9)14-6/h4-6,13H,2-3H2,1H3. The lowest BCUT2D eigenvalue weighted by Crippen LogP contribution is -2.12. The van der Waals surface area contributed by atoms with E-state index in [1.54, 1.807) is 0 Å². The number of halogens is 2. The first-order valence-corrected chi connectivity index (χ1v) is 4.56. The highest BCUT2D eigenvalue weighted by atomic mass is 19.2. The van der Waals surface area contributed by atoms with Gasteiger partial charge in [0, 0.05) is 25.1 Å². The van der Waals surface area contributed by atoms with Crippen LogP contribution in [0.4, 0.5) is 14.5 Å². The summed E-state index contributed by atoms with van der Waals surface area (Å²) in [5.74, 6) is -1.34. The highest BCUT2D eigenvalue weighted by molar-refractivity contribution is 5.57. The lowest BCUT2D eigenvalue weighted by molar-refractivity contribution is 0.220. The molecule has 1 heterocycles. The number of ether oxygens (including phenoxy) is 1. The number of fused-ring (bicyclic) bond motifs is 1. The molecule has 0 amide bonds. The molecule has 0 saturated carbocycles. The number of nitrogens with one attached hydrogen (secondary N) is 1. The molecule has 1 aliphatic heterocycles. The average Bonchev–Trinajstić information content (AvgIpc) is 2.28. The second-order valence-corrected chi connectivity index (χ2v) is 3.41. The van der Waals surface area contributed by atoms with Crippen molar-refractivity contribution in [3.63, 3.8) is 0 Å². The van der Waals surface area contributed by atoms with E-state index in [1.807, 2.05) is 6.92 Å². The number of rotatable bonds is 0. The number of hydrogen-bond acceptors (Lipinski definition) is 2. The predicted octanol–water partition coefficient (Wildman–Crippen LogP) is 2.55. The van der Waals surface area contributed by atoms with Gasteiger partial charge in [0.25, 0.3) is 0 Å². The average molecular weight is 199 g/mol. The molecule has 1 unspecified atom stereocenters. The first-order valence-electron chi connectivity index (χ1n) is 4.56. The molecule has 0 aliphatic carbocycles. The van der Waals surface area contributed by atoms with Gasteiger partial charge >= 0.3 is 0 Å². The monoisotopic (exact) mass is 199 g/mol. The minimum atomic E-state index is -0.875. The number of hydrogen-bond donors (Lipinski definition) is 1. The van der Waals surface area contributed by atoms with E-state index in [0.717, 1.165) is 18.6 Å². The summed E-state index contributed by atoms with van der Waals surface area (Å²) in [4.78, 5) is 0. The Morgan fingerprint density at radius 1 is 1.36 bits per heavy atom. The van der Waals surface area contributed by atoms with Crippen LogP contribution in [0.15, 0.2) is 12.1 Å². The molecule has 76 valence electrons. The second-order valence-electron chi connectivity index (χ2n) is 3.41. The Kier molecular flexibility index (Phi) is 2.27. The van der Waals surface area contributed by atoms with Crippen LogP contribution in [-0.2, 0) is 0 Å². The molecule has 1 aromatic rings. The molecule has 2 nitrogen and oxygen atoms in total. The molecule has 1 atom stereocenters. The predicted molar refractivity (Wildman–Crippen MR) is 49.6 cm³/mol. The maximum absolute atomic E-state index is 12.9. The summed E-state index contributed by atoms with van der Waals surface area (Å²) >= 11 is 0. The van der Waals surface area contributed by atoms with Crippen molar-refractivity contribution in [3.05, 3.63) is 23.8 Å². The van der Waals surface area contributed by atoms with Gasteiger partial charge in [-0.15, -0.1) is 0 Å². The van der Waals surface area contributed by atoms with E-state index in [2.05, 4.69) is 5.32 Å². The second kappa shape index (κ2) is 3.44. The molecule has 1 aliphatic rings. The molecule has 0 radical (unpaired) electrons. The van der Waals surface area contributed by atoms with Gasteiger partial charge in [0.1, 0.15) is 5.75 Å². The molecule has 2 rings (SSSR count). The fourth-order valence-corrected chi connectivity index (χ4v) is 1.45. The maximum Gasteiger partial charge on any atom is 0.162 e. The van der Waals surface area contributed by atoms with Crippen molar-refractivity contribution in [1.29, 1.82) is 0 Å². The first-order chi connectivity index (χ1) is 6.66. The van der Waals surface area contributed by atoms with Crippen molar-refractivity contribution in [3.8, 4) is 5.75 Å². The molecule has 0 bridgehead atoms. The zero-order valence-corrected chi connectivity index (χ0v) is 7.81. The lowest BCUT2D eigenvalue weighted by Gasteiger charge is -2.11. The van der Waals surface area contributed by atoms with Crippen LogP contribution in [-0.4, -0.2) is 12.6 Å². The van der Waals surface area contributed by atoms with Crippen molar-refractivity contribution in [2.24, 2.45) is 0 Å². The molecule has 1 N–H and O–H groups in total. The topological polar surface area (TPSA) is 21.3 Å². The zero-order chi connectivity index (χ0) is 10.1. The van der Waals surface area contributed by atoms with Crippen molar-refractivity contribution >= 4 is 5.69 Å². The van der Waals surface area contributed by atoms with Crippen LogP contribution in [0.5, 0.6) is 5.75 Å². The van der Waals surface area contributed by atoms with Crippen LogP contribution in [0, 0.1) is 11.6 Å². The minimum Gasteiger partial charge on any atom is -0.488 e. The summed E-state index contributed by atoms with van der Waals surface area (Å²) in [6, 6.07) is 2.21. The summed E-state index contributed by atoms with van der Waals surface area (Å²) in [5, 5.41) is 2.99. The van der Waals surface area contributed by atoms with Gasteiger partial charge in [-0.2, -0.15) is 0 Å². The van der Waals surface area contributed by atoms with Crippen LogP contribution in [0.25, 0.3) is 0 Å². The van der Waals surface area contributed by atoms with E-state index in [-0.39, 0.29) is 6.10 Å². The summed E-state index contributed by atoms with van der Waals surface area (Å²) in [6.45, 7) is 2.61. The Hall–Kier alpha value is -1.32. The van der Waals surface area contributed by atoms with Gasteiger partial charge in [0.05, 0.1) is 11.8 Å². The van der Waals surface area contributed by atoms with Crippen LogP contribution < -0.4 is 10.1 Å². The minimum absolute atomic E-state index is 0.0219. The highest BCUT2D eigenvalue weighted by Crippen LogP contribution is 2.30. The fraction of sp³-hybridized carbons (Fsp3) is 0.400. The Balaban J connectivity index is 2.41. The van der Waals surface area contributed by atoms with Crippen molar-refractivity contribution in [2.45, 2.75) is 19.4 Å². The molecule has 1 aromatic carbocycles. The summed E-state index contributed by atoms with van der Waals surface area (Å²) in [7, 11) is 0. The Labute approximate surface area is 80.9 Å². The molecule has 0 fully saturated rings. The van der Waals surface area contributed by atoms with Gasteiger partial charge in [-0.3, -0.25) is 0 Å². The third-order valence-corrected chi connectivity index (χ3v) is 2.22. The molecular formula is C10H11F2NO. The fourth-order valence-electron chi connectivity index (χ4n) is 1.45. The van der Waals surface area contributed by atoms with Gasteiger partial charge in [0.2, 0.25) is 0 Å². The van der Waals surface area contributed by atoms with Gasteiger partial charge < -0.3 is 10.1 Å². The van der Waals surface area contributed by atoms with Crippen LogP contribution >= 0.6 is 0 Å². The lowest BCUT2D eigenvalue weighted by atomic mass is 10.2. The largest absolute Gasteiger partial charge is 0.488 e. The molecule has 14 heavy (non-hydrogen) atoms. The molecule has 0 saturated heterocycles.